The lowest BCUT2D eigenvalue weighted by Gasteiger charge is -2.32. The monoisotopic (exact) mass is 334 g/mol. The van der Waals surface area contributed by atoms with Gasteiger partial charge in [0.1, 0.15) is 13.2 Å². The predicted octanol–water partition coefficient (Wildman–Crippen LogP) is 1.88. The van der Waals surface area contributed by atoms with Gasteiger partial charge in [0, 0.05) is 30.5 Å². The Morgan fingerprint density at radius 2 is 1.79 bits per heavy atom. The molecule has 0 aliphatic carbocycles. The number of nitrogens with one attached hydrogen (secondary N) is 1. The average molecular weight is 334 g/mol. The van der Waals surface area contributed by atoms with Crippen molar-refractivity contribution in [2.75, 3.05) is 33.9 Å². The Balaban J connectivity index is 1.83. The summed E-state index contributed by atoms with van der Waals surface area (Å²) in [5.41, 5.74) is 0.413. The molecule has 1 aliphatic rings. The van der Waals surface area contributed by atoms with Gasteiger partial charge in [0.05, 0.1) is 0 Å². The van der Waals surface area contributed by atoms with E-state index < -0.39 is 0 Å². The van der Waals surface area contributed by atoms with Gasteiger partial charge in [-0.1, -0.05) is 0 Å². The molecule has 1 aromatic carbocycles. The third kappa shape index (κ3) is 4.71. The van der Waals surface area contributed by atoms with Gasteiger partial charge in [-0.25, -0.2) is 0 Å². The maximum atomic E-state index is 12.3. The van der Waals surface area contributed by atoms with E-state index in [1.54, 1.807) is 18.2 Å². The SMILES string of the molecule is CN(C)C(C)(C)CNC(=O)CCC(=O)c1ccc2c(c1)OCCO2. The third-order valence-electron chi connectivity index (χ3n) is 4.37. The number of ketones is 1. The number of benzene rings is 1. The molecule has 0 saturated heterocycles. The Kier molecular flexibility index (Phi) is 5.83. The molecule has 1 aromatic rings. The molecule has 1 heterocycles. The van der Waals surface area contributed by atoms with E-state index in [0.717, 1.165) is 0 Å². The van der Waals surface area contributed by atoms with Gasteiger partial charge in [0.2, 0.25) is 5.91 Å². The summed E-state index contributed by atoms with van der Waals surface area (Å²) < 4.78 is 10.9. The first-order valence-corrected chi connectivity index (χ1v) is 8.16. The van der Waals surface area contributed by atoms with Crippen LogP contribution in [0.25, 0.3) is 0 Å². The van der Waals surface area contributed by atoms with Crippen molar-refractivity contribution in [3.63, 3.8) is 0 Å². The molecule has 24 heavy (non-hydrogen) atoms. The molecule has 2 rings (SSSR count). The zero-order chi connectivity index (χ0) is 17.7. The quantitative estimate of drug-likeness (QED) is 0.771. The predicted molar refractivity (Wildman–Crippen MR) is 91.8 cm³/mol. The van der Waals surface area contributed by atoms with Crippen LogP contribution in [0.2, 0.25) is 0 Å². The van der Waals surface area contributed by atoms with Crippen LogP contribution in [0.1, 0.15) is 37.0 Å². The normalized spacial score (nSPS) is 13.7. The van der Waals surface area contributed by atoms with Gasteiger partial charge in [0.25, 0.3) is 0 Å². The van der Waals surface area contributed by atoms with Gasteiger partial charge in [-0.3, -0.25) is 9.59 Å². The minimum atomic E-state index is -0.129. The molecular weight excluding hydrogens is 308 g/mol. The first-order valence-electron chi connectivity index (χ1n) is 8.16. The van der Waals surface area contributed by atoms with Crippen molar-refractivity contribution in [2.24, 2.45) is 0 Å². The van der Waals surface area contributed by atoms with Crippen molar-refractivity contribution in [2.45, 2.75) is 32.2 Å². The maximum absolute atomic E-state index is 12.3. The maximum Gasteiger partial charge on any atom is 0.220 e. The van der Waals surface area contributed by atoms with Gasteiger partial charge < -0.3 is 19.7 Å². The zero-order valence-electron chi connectivity index (χ0n) is 14.8. The number of amides is 1. The Morgan fingerprint density at radius 3 is 2.46 bits per heavy atom. The van der Waals surface area contributed by atoms with Gasteiger partial charge in [0.15, 0.2) is 17.3 Å². The van der Waals surface area contributed by atoms with E-state index in [-0.39, 0.29) is 30.1 Å². The van der Waals surface area contributed by atoms with E-state index in [0.29, 0.717) is 36.8 Å². The van der Waals surface area contributed by atoms with Crippen LogP contribution in [0.5, 0.6) is 11.5 Å². The fourth-order valence-corrected chi connectivity index (χ4v) is 2.15. The zero-order valence-corrected chi connectivity index (χ0v) is 14.8. The van der Waals surface area contributed by atoms with Crippen molar-refractivity contribution < 1.29 is 19.1 Å². The summed E-state index contributed by atoms with van der Waals surface area (Å²) in [7, 11) is 3.94. The highest BCUT2D eigenvalue weighted by Crippen LogP contribution is 2.31. The fourth-order valence-electron chi connectivity index (χ4n) is 2.15. The summed E-state index contributed by atoms with van der Waals surface area (Å²) in [6.07, 6.45) is 0.352. The van der Waals surface area contributed by atoms with Crippen LogP contribution in [-0.4, -0.2) is 56.0 Å². The summed E-state index contributed by atoms with van der Waals surface area (Å²) in [5, 5.41) is 2.88. The lowest BCUT2D eigenvalue weighted by atomic mass is 10.0. The molecular formula is C18H26N2O4. The number of hydrogen-bond donors (Lipinski definition) is 1. The minimum absolute atomic E-state index is 0.0750. The standard InChI is InChI=1S/C18H26N2O4/c1-18(2,20(3)4)12-19-17(22)8-6-14(21)13-5-7-15-16(11-13)24-10-9-23-15/h5,7,11H,6,8-10,12H2,1-4H3,(H,19,22). The molecule has 0 atom stereocenters. The number of fused-ring (bicyclic) bond motifs is 1. The number of Topliss-reactive ketones (excluding diaryl/α,β-unsaturated/α-hetero) is 1. The molecule has 0 unspecified atom stereocenters. The number of ether oxygens (including phenoxy) is 2. The molecule has 132 valence electrons. The van der Waals surface area contributed by atoms with Crippen molar-refractivity contribution in [1.29, 1.82) is 0 Å². The Labute approximate surface area is 143 Å². The van der Waals surface area contributed by atoms with Crippen LogP contribution in [0.3, 0.4) is 0 Å². The minimum Gasteiger partial charge on any atom is -0.486 e. The smallest absolute Gasteiger partial charge is 0.220 e. The lowest BCUT2D eigenvalue weighted by molar-refractivity contribution is -0.121. The van der Waals surface area contributed by atoms with E-state index in [4.69, 9.17) is 9.47 Å². The molecule has 6 heteroatoms. The topological polar surface area (TPSA) is 67.9 Å². The summed E-state index contributed by atoms with van der Waals surface area (Å²) in [5.74, 6) is 1.05. The van der Waals surface area contributed by atoms with Crippen LogP contribution < -0.4 is 14.8 Å². The first kappa shape index (κ1) is 18.3. The first-order chi connectivity index (χ1) is 11.3. The van der Waals surface area contributed by atoms with Crippen LogP contribution in [-0.2, 0) is 4.79 Å². The highest BCUT2D eigenvalue weighted by atomic mass is 16.6. The summed E-state index contributed by atoms with van der Waals surface area (Å²) in [6.45, 7) is 5.64. The van der Waals surface area contributed by atoms with Crippen LogP contribution in [0.4, 0.5) is 0 Å². The van der Waals surface area contributed by atoms with Crippen molar-refractivity contribution >= 4 is 11.7 Å². The van der Waals surface area contributed by atoms with Gasteiger partial charge >= 0.3 is 0 Å². The third-order valence-corrected chi connectivity index (χ3v) is 4.37. The van der Waals surface area contributed by atoms with Gasteiger partial charge in [-0.2, -0.15) is 0 Å². The number of carbonyl (C=O) groups is 2. The van der Waals surface area contributed by atoms with Crippen LogP contribution in [0, 0.1) is 0 Å². The van der Waals surface area contributed by atoms with Crippen LogP contribution in [0.15, 0.2) is 18.2 Å². The van der Waals surface area contributed by atoms with E-state index in [1.165, 1.54) is 0 Å². The molecule has 0 bridgehead atoms. The number of carbonyl (C=O) groups excluding carboxylic acids is 2. The Hall–Kier alpha value is -2.08. The number of nitrogens with zero attached hydrogens (tertiary/aromatic N) is 1. The number of likely N-dealkylation sites (N-methyl/N-ethyl adjacent to an activating group) is 1. The average Bonchev–Trinajstić information content (AvgIpc) is 2.57. The fraction of sp³-hybridized carbons (Fsp3) is 0.556. The molecule has 0 fully saturated rings. The molecule has 1 N–H and O–H groups in total. The van der Waals surface area contributed by atoms with E-state index in [1.807, 2.05) is 32.8 Å². The molecule has 1 aliphatic heterocycles. The second kappa shape index (κ2) is 7.66. The highest BCUT2D eigenvalue weighted by molar-refractivity contribution is 5.98. The lowest BCUT2D eigenvalue weighted by Crippen LogP contribution is -2.48. The Bertz CT molecular complexity index is 611. The molecule has 0 radical (unpaired) electrons. The van der Waals surface area contributed by atoms with Crippen molar-refractivity contribution in [1.82, 2.24) is 10.2 Å². The molecule has 6 nitrogen and oxygen atoms in total. The van der Waals surface area contributed by atoms with Gasteiger partial charge in [-0.05, 0) is 46.1 Å². The van der Waals surface area contributed by atoms with Crippen molar-refractivity contribution in [3.05, 3.63) is 23.8 Å². The van der Waals surface area contributed by atoms with E-state index in [9.17, 15) is 9.59 Å². The highest BCUT2D eigenvalue weighted by Gasteiger charge is 2.21. The summed E-state index contributed by atoms with van der Waals surface area (Å²) in [4.78, 5) is 26.3. The van der Waals surface area contributed by atoms with E-state index in [2.05, 4.69) is 5.32 Å². The molecule has 0 saturated carbocycles. The van der Waals surface area contributed by atoms with Crippen molar-refractivity contribution in [3.8, 4) is 11.5 Å². The second-order valence-corrected chi connectivity index (χ2v) is 6.77. The van der Waals surface area contributed by atoms with Crippen LogP contribution >= 0.6 is 0 Å². The Morgan fingerprint density at radius 1 is 1.12 bits per heavy atom. The molecule has 1 amide bonds. The largest absolute Gasteiger partial charge is 0.486 e. The van der Waals surface area contributed by atoms with Gasteiger partial charge in [-0.15, -0.1) is 0 Å². The number of hydrogen-bond acceptors (Lipinski definition) is 5. The molecule has 0 aromatic heterocycles. The van der Waals surface area contributed by atoms with E-state index >= 15 is 0 Å². The summed E-state index contributed by atoms with van der Waals surface area (Å²) >= 11 is 0. The molecule has 0 spiro atoms. The summed E-state index contributed by atoms with van der Waals surface area (Å²) in [6, 6.07) is 5.13. The second-order valence-electron chi connectivity index (χ2n) is 6.77. The number of rotatable bonds is 7.